The molecule has 6 heteroatoms. The van der Waals surface area contributed by atoms with Crippen molar-refractivity contribution in [2.75, 3.05) is 13.1 Å². The maximum absolute atomic E-state index is 9.78. The van der Waals surface area contributed by atoms with Gasteiger partial charge in [-0.25, -0.2) is 0 Å². The standard InChI is InChI=1S/C20H19Cl2N3S/c21-17-7-6-15(12-18(17)22)13-24-19(26)25-10-8-20(14-23,9-11-25)16-4-2-1-3-5-16/h1-7,12H,8-11,13H2,(H,24,26). The highest BCUT2D eigenvalue weighted by atomic mass is 35.5. The van der Waals surface area contributed by atoms with Crippen molar-refractivity contribution >= 4 is 40.5 Å². The fourth-order valence-corrected chi connectivity index (χ4v) is 3.83. The van der Waals surface area contributed by atoms with E-state index in [4.69, 9.17) is 35.4 Å². The molecule has 0 bridgehead atoms. The summed E-state index contributed by atoms with van der Waals surface area (Å²) < 4.78 is 0. The number of rotatable bonds is 3. The molecular formula is C20H19Cl2N3S. The van der Waals surface area contributed by atoms with Gasteiger partial charge >= 0.3 is 0 Å². The summed E-state index contributed by atoms with van der Waals surface area (Å²) in [4.78, 5) is 2.13. The second kappa shape index (κ2) is 8.26. The Balaban J connectivity index is 1.58. The zero-order valence-corrected chi connectivity index (χ0v) is 16.5. The minimum atomic E-state index is -0.420. The minimum absolute atomic E-state index is 0.420. The predicted molar refractivity (Wildman–Crippen MR) is 110 cm³/mol. The average Bonchev–Trinajstić information content (AvgIpc) is 2.69. The van der Waals surface area contributed by atoms with Crippen LogP contribution < -0.4 is 5.32 Å². The van der Waals surface area contributed by atoms with Crippen LogP contribution in [-0.2, 0) is 12.0 Å². The number of halogens is 2. The summed E-state index contributed by atoms with van der Waals surface area (Å²) in [5, 5.41) is 14.8. The predicted octanol–water partition coefficient (Wildman–Crippen LogP) is 4.93. The number of nitrogens with zero attached hydrogens (tertiary/aromatic N) is 2. The van der Waals surface area contributed by atoms with E-state index < -0.39 is 5.41 Å². The van der Waals surface area contributed by atoms with Gasteiger partial charge in [0.25, 0.3) is 0 Å². The summed E-state index contributed by atoms with van der Waals surface area (Å²) in [5.74, 6) is 0. The van der Waals surface area contributed by atoms with Crippen LogP contribution in [0.1, 0.15) is 24.0 Å². The van der Waals surface area contributed by atoms with E-state index in [9.17, 15) is 5.26 Å². The first-order valence-corrected chi connectivity index (χ1v) is 9.64. The molecule has 1 fully saturated rings. The summed E-state index contributed by atoms with van der Waals surface area (Å²) in [7, 11) is 0. The third-order valence-corrected chi connectivity index (χ3v) is 6.01. The molecule has 3 nitrogen and oxygen atoms in total. The third kappa shape index (κ3) is 4.12. The Bertz CT molecular complexity index is 825. The van der Waals surface area contributed by atoms with E-state index in [0.717, 1.165) is 37.1 Å². The van der Waals surface area contributed by atoms with Crippen LogP contribution in [0.15, 0.2) is 48.5 Å². The fraction of sp³-hybridized carbons (Fsp3) is 0.300. The molecule has 1 heterocycles. The lowest BCUT2D eigenvalue weighted by atomic mass is 9.74. The molecule has 0 amide bonds. The van der Waals surface area contributed by atoms with Crippen LogP contribution in [0.2, 0.25) is 10.0 Å². The topological polar surface area (TPSA) is 39.1 Å². The monoisotopic (exact) mass is 403 g/mol. The number of hydrogen-bond acceptors (Lipinski definition) is 2. The van der Waals surface area contributed by atoms with Crippen molar-refractivity contribution in [1.29, 1.82) is 5.26 Å². The van der Waals surface area contributed by atoms with E-state index in [1.807, 2.05) is 42.5 Å². The number of piperidine rings is 1. The lowest BCUT2D eigenvalue weighted by Crippen LogP contribution is -2.48. The molecule has 1 N–H and O–H groups in total. The lowest BCUT2D eigenvalue weighted by Gasteiger charge is -2.38. The van der Waals surface area contributed by atoms with Gasteiger partial charge in [-0.05, 0) is 48.3 Å². The Hall–Kier alpha value is -1.80. The molecule has 0 aromatic heterocycles. The summed E-state index contributed by atoms with van der Waals surface area (Å²) >= 11 is 17.5. The summed E-state index contributed by atoms with van der Waals surface area (Å²) in [5.41, 5.74) is 1.70. The number of nitriles is 1. The minimum Gasteiger partial charge on any atom is -0.358 e. The molecular weight excluding hydrogens is 385 g/mol. The Kier molecular flexibility index (Phi) is 6.03. The zero-order chi connectivity index (χ0) is 18.6. The summed E-state index contributed by atoms with van der Waals surface area (Å²) in [6.45, 7) is 2.11. The van der Waals surface area contributed by atoms with Crippen LogP contribution in [0.25, 0.3) is 0 Å². The molecule has 0 saturated carbocycles. The van der Waals surface area contributed by atoms with Crippen molar-refractivity contribution in [1.82, 2.24) is 10.2 Å². The van der Waals surface area contributed by atoms with Crippen molar-refractivity contribution in [3.05, 3.63) is 69.7 Å². The van der Waals surface area contributed by atoms with Crippen LogP contribution in [0, 0.1) is 11.3 Å². The van der Waals surface area contributed by atoms with Crippen molar-refractivity contribution in [2.24, 2.45) is 0 Å². The molecule has 3 rings (SSSR count). The molecule has 1 aliphatic rings. The van der Waals surface area contributed by atoms with Gasteiger partial charge < -0.3 is 10.2 Å². The van der Waals surface area contributed by atoms with Crippen LogP contribution in [0.4, 0.5) is 0 Å². The van der Waals surface area contributed by atoms with Gasteiger partial charge in [0.2, 0.25) is 0 Å². The van der Waals surface area contributed by atoms with E-state index in [-0.39, 0.29) is 0 Å². The molecule has 26 heavy (non-hydrogen) atoms. The van der Waals surface area contributed by atoms with E-state index in [1.54, 1.807) is 6.07 Å². The molecule has 1 saturated heterocycles. The maximum atomic E-state index is 9.78. The average molecular weight is 404 g/mol. The van der Waals surface area contributed by atoms with E-state index in [0.29, 0.717) is 21.7 Å². The number of nitrogens with one attached hydrogen (secondary N) is 1. The second-order valence-electron chi connectivity index (χ2n) is 6.45. The van der Waals surface area contributed by atoms with Crippen LogP contribution in [-0.4, -0.2) is 23.1 Å². The number of thiocarbonyl (C=S) groups is 1. The number of hydrogen-bond donors (Lipinski definition) is 1. The van der Waals surface area contributed by atoms with Crippen LogP contribution >= 0.6 is 35.4 Å². The van der Waals surface area contributed by atoms with Gasteiger partial charge in [-0.1, -0.05) is 59.6 Å². The first kappa shape index (κ1) is 19.0. The van der Waals surface area contributed by atoms with Crippen molar-refractivity contribution < 1.29 is 0 Å². The molecule has 0 radical (unpaired) electrons. The Morgan fingerprint density at radius 2 is 1.81 bits per heavy atom. The smallest absolute Gasteiger partial charge is 0.169 e. The quantitative estimate of drug-likeness (QED) is 0.737. The van der Waals surface area contributed by atoms with Crippen molar-refractivity contribution in [3.8, 4) is 6.07 Å². The first-order valence-electron chi connectivity index (χ1n) is 8.47. The van der Waals surface area contributed by atoms with Crippen LogP contribution in [0.5, 0.6) is 0 Å². The fourth-order valence-electron chi connectivity index (χ4n) is 3.25. The largest absolute Gasteiger partial charge is 0.358 e. The molecule has 0 aliphatic carbocycles. The normalized spacial score (nSPS) is 16.0. The number of likely N-dealkylation sites (tertiary alicyclic amines) is 1. The van der Waals surface area contributed by atoms with Gasteiger partial charge in [-0.2, -0.15) is 5.26 Å². The SMILES string of the molecule is N#CC1(c2ccccc2)CCN(C(=S)NCc2ccc(Cl)c(Cl)c2)CC1. The van der Waals surface area contributed by atoms with Gasteiger partial charge in [0.1, 0.15) is 0 Å². The zero-order valence-electron chi connectivity index (χ0n) is 14.2. The molecule has 0 unspecified atom stereocenters. The van der Waals surface area contributed by atoms with Crippen LogP contribution in [0.3, 0.4) is 0 Å². The Labute approximate surface area is 169 Å². The molecule has 0 atom stereocenters. The van der Waals surface area contributed by atoms with Gasteiger partial charge in [-0.15, -0.1) is 0 Å². The van der Waals surface area contributed by atoms with E-state index >= 15 is 0 Å². The van der Waals surface area contributed by atoms with Gasteiger partial charge in [0.05, 0.1) is 21.5 Å². The van der Waals surface area contributed by atoms with Gasteiger partial charge in [0, 0.05) is 19.6 Å². The highest BCUT2D eigenvalue weighted by molar-refractivity contribution is 7.80. The highest BCUT2D eigenvalue weighted by Crippen LogP contribution is 2.34. The summed E-state index contributed by atoms with van der Waals surface area (Å²) in [6.07, 6.45) is 1.53. The highest BCUT2D eigenvalue weighted by Gasteiger charge is 2.36. The number of benzene rings is 2. The van der Waals surface area contributed by atoms with E-state index in [1.165, 1.54) is 0 Å². The molecule has 134 valence electrons. The van der Waals surface area contributed by atoms with Crippen molar-refractivity contribution in [3.63, 3.8) is 0 Å². The summed E-state index contributed by atoms with van der Waals surface area (Å²) in [6, 6.07) is 18.1. The molecule has 0 spiro atoms. The van der Waals surface area contributed by atoms with Gasteiger partial charge in [0.15, 0.2) is 5.11 Å². The molecule has 2 aromatic rings. The Morgan fingerprint density at radius 1 is 1.12 bits per heavy atom. The van der Waals surface area contributed by atoms with Crippen molar-refractivity contribution in [2.45, 2.75) is 24.8 Å². The lowest BCUT2D eigenvalue weighted by molar-refractivity contribution is 0.267. The molecule has 2 aromatic carbocycles. The molecule has 1 aliphatic heterocycles. The maximum Gasteiger partial charge on any atom is 0.169 e. The first-order chi connectivity index (χ1) is 12.5. The van der Waals surface area contributed by atoms with Gasteiger partial charge in [-0.3, -0.25) is 0 Å². The van der Waals surface area contributed by atoms with E-state index in [2.05, 4.69) is 16.3 Å². The third-order valence-electron chi connectivity index (χ3n) is 4.87. The second-order valence-corrected chi connectivity index (χ2v) is 7.66. The Morgan fingerprint density at radius 3 is 2.42 bits per heavy atom.